The summed E-state index contributed by atoms with van der Waals surface area (Å²) in [6.07, 6.45) is 1.16. The minimum Gasteiger partial charge on any atom is -0.491 e. The standard InChI is InChI=1S/C15H23NO3/c1-4-12(2)11-16(3)9-10-19-14-8-6-5-7-13(14)15(17)18/h5-8,12H,4,9-11H2,1-3H3,(H,17,18). The lowest BCUT2D eigenvalue weighted by atomic mass is 10.1. The molecule has 1 aromatic carbocycles. The van der Waals surface area contributed by atoms with Crippen molar-refractivity contribution in [1.29, 1.82) is 0 Å². The Kier molecular flexibility index (Phi) is 6.36. The van der Waals surface area contributed by atoms with Gasteiger partial charge in [0.15, 0.2) is 0 Å². The van der Waals surface area contributed by atoms with E-state index in [1.165, 1.54) is 0 Å². The number of carboxylic acids is 1. The van der Waals surface area contributed by atoms with Crippen LogP contribution in [-0.2, 0) is 0 Å². The quantitative estimate of drug-likeness (QED) is 0.785. The number of nitrogens with zero attached hydrogens (tertiary/aromatic N) is 1. The SMILES string of the molecule is CCC(C)CN(C)CCOc1ccccc1C(=O)O. The maximum Gasteiger partial charge on any atom is 0.339 e. The van der Waals surface area contributed by atoms with Crippen LogP contribution in [0.5, 0.6) is 5.75 Å². The minimum absolute atomic E-state index is 0.215. The number of para-hydroxylation sites is 1. The van der Waals surface area contributed by atoms with E-state index in [0.717, 1.165) is 19.5 Å². The Balaban J connectivity index is 2.43. The maximum absolute atomic E-state index is 11.0. The van der Waals surface area contributed by atoms with E-state index in [-0.39, 0.29) is 5.56 Å². The van der Waals surface area contributed by atoms with Crippen LogP contribution in [0, 0.1) is 5.92 Å². The minimum atomic E-state index is -0.955. The van der Waals surface area contributed by atoms with Crippen molar-refractivity contribution in [2.45, 2.75) is 20.3 Å². The smallest absolute Gasteiger partial charge is 0.339 e. The summed E-state index contributed by atoms with van der Waals surface area (Å²) < 4.78 is 5.56. The van der Waals surface area contributed by atoms with Crippen molar-refractivity contribution in [2.24, 2.45) is 5.92 Å². The zero-order valence-corrected chi connectivity index (χ0v) is 11.9. The van der Waals surface area contributed by atoms with E-state index in [4.69, 9.17) is 9.84 Å². The molecule has 0 aliphatic rings. The van der Waals surface area contributed by atoms with Crippen LogP contribution in [0.3, 0.4) is 0 Å². The van der Waals surface area contributed by atoms with Crippen LogP contribution < -0.4 is 4.74 Å². The first kappa shape index (κ1) is 15.5. The number of hydrogen-bond donors (Lipinski definition) is 1. The Hall–Kier alpha value is -1.55. The van der Waals surface area contributed by atoms with Gasteiger partial charge in [-0.3, -0.25) is 0 Å². The maximum atomic E-state index is 11.0. The number of hydrogen-bond acceptors (Lipinski definition) is 3. The number of benzene rings is 1. The van der Waals surface area contributed by atoms with Gasteiger partial charge in [-0.05, 0) is 25.1 Å². The molecule has 0 fully saturated rings. The van der Waals surface area contributed by atoms with Gasteiger partial charge in [0.05, 0.1) is 0 Å². The third kappa shape index (κ3) is 5.30. The molecule has 4 heteroatoms. The molecule has 0 spiro atoms. The third-order valence-corrected chi connectivity index (χ3v) is 3.17. The molecule has 0 saturated carbocycles. The summed E-state index contributed by atoms with van der Waals surface area (Å²) in [5.74, 6) is 0.145. The number of carbonyl (C=O) groups is 1. The number of likely N-dealkylation sites (N-methyl/N-ethyl adjacent to an activating group) is 1. The summed E-state index contributed by atoms with van der Waals surface area (Å²) in [5.41, 5.74) is 0.215. The molecule has 0 radical (unpaired) electrons. The summed E-state index contributed by atoms with van der Waals surface area (Å²) in [7, 11) is 2.05. The number of rotatable bonds is 8. The molecule has 1 rings (SSSR count). The molecule has 0 saturated heterocycles. The van der Waals surface area contributed by atoms with Gasteiger partial charge >= 0.3 is 5.97 Å². The van der Waals surface area contributed by atoms with Crippen molar-refractivity contribution >= 4 is 5.97 Å². The molecular formula is C15H23NO3. The zero-order valence-electron chi connectivity index (χ0n) is 11.9. The topological polar surface area (TPSA) is 49.8 Å². The molecule has 1 N–H and O–H groups in total. The second-order valence-corrected chi connectivity index (χ2v) is 4.93. The van der Waals surface area contributed by atoms with E-state index in [1.807, 2.05) is 0 Å². The Bertz CT molecular complexity index is 406. The monoisotopic (exact) mass is 265 g/mol. The van der Waals surface area contributed by atoms with E-state index >= 15 is 0 Å². The van der Waals surface area contributed by atoms with Crippen LogP contribution in [-0.4, -0.2) is 42.7 Å². The van der Waals surface area contributed by atoms with Crippen molar-refractivity contribution in [2.75, 3.05) is 26.7 Å². The Morgan fingerprint density at radius 2 is 2.11 bits per heavy atom. The fraction of sp³-hybridized carbons (Fsp3) is 0.533. The predicted molar refractivity (Wildman–Crippen MR) is 75.8 cm³/mol. The molecule has 106 valence electrons. The normalized spacial score (nSPS) is 12.4. The summed E-state index contributed by atoms with van der Waals surface area (Å²) >= 11 is 0. The van der Waals surface area contributed by atoms with Crippen molar-refractivity contribution in [3.05, 3.63) is 29.8 Å². The summed E-state index contributed by atoms with van der Waals surface area (Å²) in [5, 5.41) is 9.03. The van der Waals surface area contributed by atoms with Gasteiger partial charge in [-0.2, -0.15) is 0 Å². The lowest BCUT2D eigenvalue weighted by Gasteiger charge is -2.20. The number of ether oxygens (including phenoxy) is 1. The molecular weight excluding hydrogens is 242 g/mol. The van der Waals surface area contributed by atoms with Gasteiger partial charge in [0, 0.05) is 13.1 Å². The fourth-order valence-electron chi connectivity index (χ4n) is 1.83. The van der Waals surface area contributed by atoms with E-state index < -0.39 is 5.97 Å². The van der Waals surface area contributed by atoms with Gasteiger partial charge in [0.25, 0.3) is 0 Å². The highest BCUT2D eigenvalue weighted by Gasteiger charge is 2.10. The second-order valence-electron chi connectivity index (χ2n) is 4.93. The summed E-state index contributed by atoms with van der Waals surface area (Å²) in [6, 6.07) is 6.73. The lowest BCUT2D eigenvalue weighted by Crippen LogP contribution is -2.28. The van der Waals surface area contributed by atoms with E-state index in [9.17, 15) is 4.79 Å². The van der Waals surface area contributed by atoms with Crippen LogP contribution >= 0.6 is 0 Å². The number of aromatic carboxylic acids is 1. The fourth-order valence-corrected chi connectivity index (χ4v) is 1.83. The Morgan fingerprint density at radius 3 is 2.74 bits per heavy atom. The third-order valence-electron chi connectivity index (χ3n) is 3.17. The molecule has 0 amide bonds. The molecule has 4 nitrogen and oxygen atoms in total. The van der Waals surface area contributed by atoms with Crippen LogP contribution in [0.2, 0.25) is 0 Å². The van der Waals surface area contributed by atoms with Gasteiger partial charge in [-0.1, -0.05) is 32.4 Å². The highest BCUT2D eigenvalue weighted by atomic mass is 16.5. The Morgan fingerprint density at radius 1 is 1.42 bits per heavy atom. The first-order valence-electron chi connectivity index (χ1n) is 6.68. The van der Waals surface area contributed by atoms with Crippen LogP contribution in [0.25, 0.3) is 0 Å². The van der Waals surface area contributed by atoms with Crippen molar-refractivity contribution in [3.8, 4) is 5.75 Å². The largest absolute Gasteiger partial charge is 0.491 e. The van der Waals surface area contributed by atoms with Crippen molar-refractivity contribution in [1.82, 2.24) is 4.90 Å². The van der Waals surface area contributed by atoms with Gasteiger partial charge in [0.1, 0.15) is 17.9 Å². The predicted octanol–water partition coefficient (Wildman–Crippen LogP) is 2.74. The molecule has 0 bridgehead atoms. The summed E-state index contributed by atoms with van der Waals surface area (Å²) in [6.45, 7) is 6.71. The van der Waals surface area contributed by atoms with Crippen LogP contribution in [0.4, 0.5) is 0 Å². The highest BCUT2D eigenvalue weighted by molar-refractivity contribution is 5.90. The molecule has 0 heterocycles. The average molecular weight is 265 g/mol. The van der Waals surface area contributed by atoms with Gasteiger partial charge in [-0.15, -0.1) is 0 Å². The molecule has 1 atom stereocenters. The molecule has 0 aromatic heterocycles. The second kappa shape index (κ2) is 7.79. The van der Waals surface area contributed by atoms with E-state index in [2.05, 4.69) is 25.8 Å². The molecule has 0 aliphatic carbocycles. The highest BCUT2D eigenvalue weighted by Crippen LogP contribution is 2.17. The average Bonchev–Trinajstić information content (AvgIpc) is 2.38. The summed E-state index contributed by atoms with van der Waals surface area (Å²) in [4.78, 5) is 13.2. The van der Waals surface area contributed by atoms with Crippen LogP contribution in [0.15, 0.2) is 24.3 Å². The van der Waals surface area contributed by atoms with Gasteiger partial charge in [-0.25, -0.2) is 4.79 Å². The van der Waals surface area contributed by atoms with E-state index in [1.54, 1.807) is 24.3 Å². The lowest BCUT2D eigenvalue weighted by molar-refractivity contribution is 0.0691. The number of carboxylic acid groups (broad SMARTS) is 1. The first-order valence-corrected chi connectivity index (χ1v) is 6.68. The molecule has 1 unspecified atom stereocenters. The van der Waals surface area contributed by atoms with E-state index in [0.29, 0.717) is 18.3 Å². The Labute approximate surface area is 115 Å². The zero-order chi connectivity index (χ0) is 14.3. The molecule has 19 heavy (non-hydrogen) atoms. The molecule has 0 aliphatic heterocycles. The van der Waals surface area contributed by atoms with Crippen LogP contribution in [0.1, 0.15) is 30.6 Å². The van der Waals surface area contributed by atoms with Gasteiger partial charge in [0.2, 0.25) is 0 Å². The van der Waals surface area contributed by atoms with Crippen molar-refractivity contribution in [3.63, 3.8) is 0 Å². The van der Waals surface area contributed by atoms with Crippen molar-refractivity contribution < 1.29 is 14.6 Å². The van der Waals surface area contributed by atoms with Gasteiger partial charge < -0.3 is 14.7 Å². The molecule has 1 aromatic rings. The first-order chi connectivity index (χ1) is 9.04.